The van der Waals surface area contributed by atoms with Crippen molar-refractivity contribution in [2.75, 3.05) is 32.1 Å². The quantitative estimate of drug-likeness (QED) is 0.781. The van der Waals surface area contributed by atoms with Crippen molar-refractivity contribution in [2.24, 2.45) is 0 Å². The van der Waals surface area contributed by atoms with Gasteiger partial charge in [-0.05, 0) is 50.8 Å². The van der Waals surface area contributed by atoms with Gasteiger partial charge in [-0.3, -0.25) is 0 Å². The van der Waals surface area contributed by atoms with E-state index in [9.17, 15) is 0 Å². The summed E-state index contributed by atoms with van der Waals surface area (Å²) in [5, 5.41) is 0. The van der Waals surface area contributed by atoms with Crippen molar-refractivity contribution in [3.63, 3.8) is 0 Å². The lowest BCUT2D eigenvalue weighted by atomic mass is 10.2. The summed E-state index contributed by atoms with van der Waals surface area (Å²) in [5.41, 5.74) is 0. The Labute approximate surface area is 112 Å². The number of aryl methyl sites for hydroxylation is 1. The number of hydrogen-bond acceptors (Lipinski definition) is 4. The molecule has 0 spiro atoms. The van der Waals surface area contributed by atoms with Gasteiger partial charge in [-0.25, -0.2) is 9.97 Å². The summed E-state index contributed by atoms with van der Waals surface area (Å²) < 4.78 is 0.843. The number of aromatic nitrogens is 2. The van der Waals surface area contributed by atoms with Crippen LogP contribution in [0.2, 0.25) is 0 Å². The van der Waals surface area contributed by atoms with Crippen LogP contribution in [-0.2, 0) is 0 Å². The maximum atomic E-state index is 4.50. The van der Waals surface area contributed by atoms with Crippen LogP contribution in [0.25, 0.3) is 0 Å². The fraction of sp³-hybridized carbons (Fsp3) is 0.667. The Morgan fingerprint density at radius 1 is 1.35 bits per heavy atom. The Hall–Kier alpha value is -0.680. The molecule has 0 aliphatic rings. The van der Waals surface area contributed by atoms with Crippen LogP contribution in [0, 0.1) is 6.92 Å². The number of hydrogen-bond donors (Lipinski definition) is 0. The highest BCUT2D eigenvalue weighted by Gasteiger charge is 2.15. The van der Waals surface area contributed by atoms with E-state index in [4.69, 9.17) is 0 Å². The first-order valence-electron chi connectivity index (χ1n) is 5.86. The minimum Gasteiger partial charge on any atom is -0.353 e. The van der Waals surface area contributed by atoms with E-state index in [1.54, 1.807) is 0 Å². The molecule has 17 heavy (non-hydrogen) atoms. The van der Waals surface area contributed by atoms with Crippen LogP contribution in [0.3, 0.4) is 0 Å². The van der Waals surface area contributed by atoms with Gasteiger partial charge in [-0.2, -0.15) is 0 Å². The Bertz CT molecular complexity index is 347. The molecule has 0 aromatic carbocycles. The third kappa shape index (κ3) is 4.24. The van der Waals surface area contributed by atoms with Crippen LogP contribution in [0.1, 0.15) is 19.7 Å². The standard InChI is InChI=1S/C12H21BrN4/c1-6-17(9(2)8-16(4)5)12-7-11(13)14-10(3)15-12/h7,9H,6,8H2,1-5H3. The molecular weight excluding hydrogens is 280 g/mol. The van der Waals surface area contributed by atoms with Crippen LogP contribution in [0.5, 0.6) is 0 Å². The fourth-order valence-corrected chi connectivity index (χ4v) is 2.45. The SMILES string of the molecule is CCN(c1cc(Br)nc(C)n1)C(C)CN(C)C. The molecule has 1 rings (SSSR count). The van der Waals surface area contributed by atoms with E-state index >= 15 is 0 Å². The average Bonchev–Trinajstić information content (AvgIpc) is 2.15. The van der Waals surface area contributed by atoms with Gasteiger partial charge in [0.15, 0.2) is 0 Å². The van der Waals surface area contributed by atoms with Crippen LogP contribution in [0.15, 0.2) is 10.7 Å². The number of anilines is 1. The molecule has 96 valence electrons. The molecule has 0 radical (unpaired) electrons. The van der Waals surface area contributed by atoms with Crippen molar-refractivity contribution in [3.8, 4) is 0 Å². The van der Waals surface area contributed by atoms with E-state index in [-0.39, 0.29) is 0 Å². The molecule has 0 aliphatic carbocycles. The zero-order valence-electron chi connectivity index (χ0n) is 11.2. The molecule has 4 nitrogen and oxygen atoms in total. The topological polar surface area (TPSA) is 32.3 Å². The largest absolute Gasteiger partial charge is 0.353 e. The molecule has 0 aliphatic heterocycles. The van der Waals surface area contributed by atoms with Crippen LogP contribution < -0.4 is 4.90 Å². The van der Waals surface area contributed by atoms with Crippen LogP contribution in [0.4, 0.5) is 5.82 Å². The molecule has 0 N–H and O–H groups in total. The number of rotatable bonds is 5. The summed E-state index contributed by atoms with van der Waals surface area (Å²) in [6.07, 6.45) is 0. The van der Waals surface area contributed by atoms with E-state index in [1.807, 2.05) is 13.0 Å². The maximum Gasteiger partial charge on any atom is 0.133 e. The van der Waals surface area contributed by atoms with Gasteiger partial charge in [0.25, 0.3) is 0 Å². The van der Waals surface area contributed by atoms with Crippen molar-refractivity contribution in [1.82, 2.24) is 14.9 Å². The summed E-state index contributed by atoms with van der Waals surface area (Å²) >= 11 is 3.42. The molecule has 5 heteroatoms. The third-order valence-electron chi connectivity index (χ3n) is 2.59. The molecule has 1 aromatic heterocycles. The second-order valence-electron chi connectivity index (χ2n) is 4.49. The zero-order valence-corrected chi connectivity index (χ0v) is 12.8. The molecule has 0 saturated heterocycles. The number of nitrogens with zero attached hydrogens (tertiary/aromatic N) is 4. The molecule has 1 atom stereocenters. The highest BCUT2D eigenvalue weighted by atomic mass is 79.9. The Morgan fingerprint density at radius 2 is 2.00 bits per heavy atom. The minimum atomic E-state index is 0.427. The second kappa shape index (κ2) is 6.31. The summed E-state index contributed by atoms with van der Waals surface area (Å²) in [6.45, 7) is 8.23. The second-order valence-corrected chi connectivity index (χ2v) is 5.31. The van der Waals surface area contributed by atoms with E-state index in [2.05, 4.69) is 63.6 Å². The summed E-state index contributed by atoms with van der Waals surface area (Å²) in [6, 6.07) is 2.40. The van der Waals surface area contributed by atoms with Gasteiger partial charge < -0.3 is 9.80 Å². The van der Waals surface area contributed by atoms with Crippen molar-refractivity contribution < 1.29 is 0 Å². The predicted octanol–water partition coefficient (Wildman–Crippen LogP) is 2.32. The smallest absolute Gasteiger partial charge is 0.133 e. The Morgan fingerprint density at radius 3 is 2.47 bits per heavy atom. The first-order valence-corrected chi connectivity index (χ1v) is 6.66. The zero-order chi connectivity index (χ0) is 13.0. The summed E-state index contributed by atoms with van der Waals surface area (Å²) in [7, 11) is 4.18. The van der Waals surface area contributed by atoms with E-state index in [0.717, 1.165) is 29.3 Å². The van der Waals surface area contributed by atoms with E-state index in [1.165, 1.54) is 0 Å². The first kappa shape index (κ1) is 14.4. The van der Waals surface area contributed by atoms with Crippen molar-refractivity contribution in [2.45, 2.75) is 26.8 Å². The average molecular weight is 301 g/mol. The molecule has 1 heterocycles. The van der Waals surface area contributed by atoms with Crippen molar-refractivity contribution >= 4 is 21.7 Å². The molecule has 0 saturated carbocycles. The van der Waals surface area contributed by atoms with Crippen molar-refractivity contribution in [1.29, 1.82) is 0 Å². The monoisotopic (exact) mass is 300 g/mol. The highest BCUT2D eigenvalue weighted by Crippen LogP contribution is 2.18. The van der Waals surface area contributed by atoms with Crippen LogP contribution in [-0.4, -0.2) is 48.1 Å². The number of likely N-dealkylation sites (N-methyl/N-ethyl adjacent to an activating group) is 2. The normalized spacial score (nSPS) is 12.9. The molecule has 1 unspecified atom stereocenters. The minimum absolute atomic E-state index is 0.427. The third-order valence-corrected chi connectivity index (χ3v) is 3.00. The van der Waals surface area contributed by atoms with Gasteiger partial charge in [0.05, 0.1) is 0 Å². The lowest BCUT2D eigenvalue weighted by Crippen LogP contribution is -2.40. The predicted molar refractivity (Wildman–Crippen MR) is 75.5 cm³/mol. The Kier molecular flexibility index (Phi) is 5.33. The molecule has 0 fully saturated rings. The fourth-order valence-electron chi connectivity index (χ4n) is 1.99. The maximum absolute atomic E-state index is 4.50. The number of halogens is 1. The van der Waals surface area contributed by atoms with Gasteiger partial charge in [0, 0.05) is 25.2 Å². The Balaban J connectivity index is 2.92. The van der Waals surface area contributed by atoms with Gasteiger partial charge in [-0.1, -0.05) is 0 Å². The van der Waals surface area contributed by atoms with E-state index in [0.29, 0.717) is 6.04 Å². The van der Waals surface area contributed by atoms with Crippen LogP contribution >= 0.6 is 15.9 Å². The van der Waals surface area contributed by atoms with Crippen molar-refractivity contribution in [3.05, 3.63) is 16.5 Å². The van der Waals surface area contributed by atoms with Gasteiger partial charge in [-0.15, -0.1) is 0 Å². The molecule has 0 amide bonds. The highest BCUT2D eigenvalue weighted by molar-refractivity contribution is 9.10. The lowest BCUT2D eigenvalue weighted by Gasteiger charge is -2.31. The van der Waals surface area contributed by atoms with Gasteiger partial charge in [0.2, 0.25) is 0 Å². The molecule has 0 bridgehead atoms. The molecule has 1 aromatic rings. The first-order chi connectivity index (χ1) is 7.93. The molecular formula is C12H21BrN4. The summed E-state index contributed by atoms with van der Waals surface area (Å²) in [5.74, 6) is 1.78. The lowest BCUT2D eigenvalue weighted by molar-refractivity contribution is 0.372. The summed E-state index contributed by atoms with van der Waals surface area (Å²) in [4.78, 5) is 13.2. The van der Waals surface area contributed by atoms with E-state index < -0.39 is 0 Å². The van der Waals surface area contributed by atoms with Gasteiger partial charge in [0.1, 0.15) is 16.2 Å². The van der Waals surface area contributed by atoms with Gasteiger partial charge >= 0.3 is 0 Å².